The van der Waals surface area contributed by atoms with Gasteiger partial charge in [0.15, 0.2) is 5.82 Å². The van der Waals surface area contributed by atoms with Crippen LogP contribution >= 0.6 is 0 Å². The summed E-state index contributed by atoms with van der Waals surface area (Å²) >= 11 is 0. The van der Waals surface area contributed by atoms with Crippen molar-refractivity contribution in [3.8, 4) is 0 Å². The van der Waals surface area contributed by atoms with Crippen molar-refractivity contribution in [2.45, 2.75) is 6.54 Å². The molecule has 1 aromatic carbocycles. The molecule has 0 aliphatic carbocycles. The van der Waals surface area contributed by atoms with Crippen molar-refractivity contribution in [2.75, 3.05) is 19.3 Å². The minimum absolute atomic E-state index is 0.608. The van der Waals surface area contributed by atoms with Gasteiger partial charge in [0.2, 0.25) is 0 Å². The van der Waals surface area contributed by atoms with E-state index in [4.69, 9.17) is 5.73 Å². The van der Waals surface area contributed by atoms with Gasteiger partial charge < -0.3 is 11.1 Å². The summed E-state index contributed by atoms with van der Waals surface area (Å²) in [6, 6.07) is 8.00. The van der Waals surface area contributed by atoms with Crippen molar-refractivity contribution in [3.63, 3.8) is 0 Å². The Bertz CT molecular complexity index is 433. The maximum Gasteiger partial charge on any atom is 0.153 e. The Kier molecular flexibility index (Phi) is 2.37. The molecular weight excluding hydrogens is 176 g/mol. The number of para-hydroxylation sites is 1. The van der Waals surface area contributed by atoms with E-state index in [1.807, 2.05) is 36.0 Å². The highest BCUT2D eigenvalue weighted by molar-refractivity contribution is 5.88. The Morgan fingerprint density at radius 1 is 1.43 bits per heavy atom. The van der Waals surface area contributed by atoms with Crippen molar-refractivity contribution >= 4 is 16.7 Å². The highest BCUT2D eigenvalue weighted by Gasteiger charge is 2.05. The number of benzene rings is 1. The quantitative estimate of drug-likeness (QED) is 0.754. The Labute approximate surface area is 82.7 Å². The number of aromatic nitrogens is 2. The fraction of sp³-hybridized carbons (Fsp3) is 0.300. The second-order valence-electron chi connectivity index (χ2n) is 3.23. The minimum atomic E-state index is 0.608. The normalized spacial score (nSPS) is 10.9. The fourth-order valence-electron chi connectivity index (χ4n) is 1.54. The summed E-state index contributed by atoms with van der Waals surface area (Å²) in [5, 5.41) is 8.40. The number of anilines is 1. The van der Waals surface area contributed by atoms with Gasteiger partial charge in [0.05, 0.1) is 12.1 Å². The van der Waals surface area contributed by atoms with Crippen molar-refractivity contribution in [1.29, 1.82) is 0 Å². The monoisotopic (exact) mass is 190 g/mol. The van der Waals surface area contributed by atoms with E-state index < -0.39 is 0 Å². The minimum Gasteiger partial charge on any atom is -0.382 e. The van der Waals surface area contributed by atoms with Crippen LogP contribution in [-0.2, 0) is 6.54 Å². The average molecular weight is 190 g/mol. The third-order valence-electron chi connectivity index (χ3n) is 2.26. The molecule has 0 unspecified atom stereocenters. The zero-order valence-corrected chi connectivity index (χ0v) is 8.20. The predicted octanol–water partition coefficient (Wildman–Crippen LogP) is 0.838. The van der Waals surface area contributed by atoms with Gasteiger partial charge in [-0.3, -0.25) is 4.68 Å². The van der Waals surface area contributed by atoms with Crippen LogP contribution in [0, 0.1) is 0 Å². The first-order chi connectivity index (χ1) is 6.83. The smallest absolute Gasteiger partial charge is 0.153 e. The lowest BCUT2D eigenvalue weighted by Gasteiger charge is -2.01. The van der Waals surface area contributed by atoms with Gasteiger partial charge in [-0.05, 0) is 19.2 Å². The maximum atomic E-state index is 5.80. The summed E-state index contributed by atoms with van der Waals surface area (Å²) in [5.74, 6) is 0.608. The molecule has 0 bridgehead atoms. The van der Waals surface area contributed by atoms with Crippen LogP contribution in [0.2, 0.25) is 0 Å². The molecule has 0 spiro atoms. The Hall–Kier alpha value is -1.55. The molecule has 0 saturated carbocycles. The highest BCUT2D eigenvalue weighted by Crippen LogP contribution is 2.19. The SMILES string of the molecule is CNCCn1nc(N)c2ccccc21. The van der Waals surface area contributed by atoms with Crippen LogP contribution < -0.4 is 11.1 Å². The van der Waals surface area contributed by atoms with Gasteiger partial charge in [0.25, 0.3) is 0 Å². The molecule has 0 atom stereocenters. The lowest BCUT2D eigenvalue weighted by molar-refractivity contribution is 0.603. The molecule has 4 nitrogen and oxygen atoms in total. The van der Waals surface area contributed by atoms with E-state index in [0.29, 0.717) is 5.82 Å². The van der Waals surface area contributed by atoms with E-state index in [1.54, 1.807) is 0 Å². The summed E-state index contributed by atoms with van der Waals surface area (Å²) in [7, 11) is 1.93. The number of hydrogen-bond donors (Lipinski definition) is 2. The van der Waals surface area contributed by atoms with Crippen LogP contribution in [0.4, 0.5) is 5.82 Å². The van der Waals surface area contributed by atoms with Crippen molar-refractivity contribution < 1.29 is 0 Å². The first-order valence-electron chi connectivity index (χ1n) is 4.68. The number of nitrogens with one attached hydrogen (secondary N) is 1. The average Bonchev–Trinajstić information content (AvgIpc) is 2.54. The standard InChI is InChI=1S/C10H14N4/c1-12-6-7-14-9-5-3-2-4-8(9)10(11)13-14/h2-5,12H,6-7H2,1H3,(H2,11,13). The topological polar surface area (TPSA) is 55.9 Å². The molecule has 0 amide bonds. The number of fused-ring (bicyclic) bond motifs is 1. The van der Waals surface area contributed by atoms with Crippen LogP contribution in [0.15, 0.2) is 24.3 Å². The van der Waals surface area contributed by atoms with Crippen LogP contribution in [0.5, 0.6) is 0 Å². The molecule has 1 heterocycles. The van der Waals surface area contributed by atoms with Gasteiger partial charge in [0.1, 0.15) is 0 Å². The van der Waals surface area contributed by atoms with Crippen LogP contribution in [-0.4, -0.2) is 23.4 Å². The van der Waals surface area contributed by atoms with Gasteiger partial charge in [-0.15, -0.1) is 0 Å². The van der Waals surface area contributed by atoms with E-state index in [1.165, 1.54) is 0 Å². The molecule has 74 valence electrons. The largest absolute Gasteiger partial charge is 0.382 e. The summed E-state index contributed by atoms with van der Waals surface area (Å²) < 4.78 is 1.93. The Morgan fingerprint density at radius 2 is 2.21 bits per heavy atom. The number of rotatable bonds is 3. The molecule has 4 heteroatoms. The fourth-order valence-corrected chi connectivity index (χ4v) is 1.54. The summed E-state index contributed by atoms with van der Waals surface area (Å²) in [5.41, 5.74) is 6.89. The van der Waals surface area contributed by atoms with Crippen molar-refractivity contribution in [2.24, 2.45) is 0 Å². The molecule has 3 N–H and O–H groups in total. The number of nitrogens with two attached hydrogens (primary N) is 1. The molecule has 0 fully saturated rings. The lowest BCUT2D eigenvalue weighted by Crippen LogP contribution is -2.15. The van der Waals surface area contributed by atoms with E-state index in [0.717, 1.165) is 24.0 Å². The van der Waals surface area contributed by atoms with E-state index in [2.05, 4.69) is 10.4 Å². The maximum absolute atomic E-state index is 5.80. The number of nitrogens with zero attached hydrogens (tertiary/aromatic N) is 2. The van der Waals surface area contributed by atoms with Crippen molar-refractivity contribution in [3.05, 3.63) is 24.3 Å². The van der Waals surface area contributed by atoms with Gasteiger partial charge >= 0.3 is 0 Å². The van der Waals surface area contributed by atoms with Crippen LogP contribution in [0.3, 0.4) is 0 Å². The zero-order chi connectivity index (χ0) is 9.97. The zero-order valence-electron chi connectivity index (χ0n) is 8.20. The molecule has 2 rings (SSSR count). The van der Waals surface area contributed by atoms with E-state index in [-0.39, 0.29) is 0 Å². The Morgan fingerprint density at radius 3 is 3.00 bits per heavy atom. The molecule has 14 heavy (non-hydrogen) atoms. The molecule has 2 aromatic rings. The second kappa shape index (κ2) is 3.67. The highest BCUT2D eigenvalue weighted by atomic mass is 15.3. The molecular formula is C10H14N4. The van der Waals surface area contributed by atoms with Gasteiger partial charge in [-0.1, -0.05) is 12.1 Å². The third kappa shape index (κ3) is 1.44. The van der Waals surface area contributed by atoms with Gasteiger partial charge in [-0.2, -0.15) is 5.10 Å². The molecule has 0 radical (unpaired) electrons. The molecule has 1 aromatic heterocycles. The van der Waals surface area contributed by atoms with Gasteiger partial charge in [-0.25, -0.2) is 0 Å². The second-order valence-corrected chi connectivity index (χ2v) is 3.23. The molecule has 0 saturated heterocycles. The number of nitrogen functional groups attached to an aromatic ring is 1. The first-order valence-corrected chi connectivity index (χ1v) is 4.68. The predicted molar refractivity (Wildman–Crippen MR) is 58.1 cm³/mol. The van der Waals surface area contributed by atoms with Crippen LogP contribution in [0.25, 0.3) is 10.9 Å². The van der Waals surface area contributed by atoms with E-state index >= 15 is 0 Å². The summed E-state index contributed by atoms with van der Waals surface area (Å²) in [4.78, 5) is 0. The summed E-state index contributed by atoms with van der Waals surface area (Å²) in [6.07, 6.45) is 0. The molecule has 0 aliphatic heterocycles. The first kappa shape index (κ1) is 9.02. The number of hydrogen-bond acceptors (Lipinski definition) is 3. The van der Waals surface area contributed by atoms with E-state index in [9.17, 15) is 0 Å². The number of likely N-dealkylation sites (N-methyl/N-ethyl adjacent to an activating group) is 1. The Balaban J connectivity index is 2.44. The van der Waals surface area contributed by atoms with Crippen LogP contribution in [0.1, 0.15) is 0 Å². The lowest BCUT2D eigenvalue weighted by atomic mass is 10.2. The van der Waals surface area contributed by atoms with Crippen molar-refractivity contribution in [1.82, 2.24) is 15.1 Å². The molecule has 0 aliphatic rings. The summed E-state index contributed by atoms with van der Waals surface area (Å²) in [6.45, 7) is 1.74. The third-order valence-corrected chi connectivity index (χ3v) is 2.26. The van der Waals surface area contributed by atoms with Gasteiger partial charge in [0, 0.05) is 11.9 Å².